The summed E-state index contributed by atoms with van der Waals surface area (Å²) >= 11 is 0. The molecule has 1 aromatic rings. The quantitative estimate of drug-likeness (QED) is 0.511. The van der Waals surface area contributed by atoms with E-state index in [1.165, 1.54) is 70.1 Å². The van der Waals surface area contributed by atoms with Crippen molar-refractivity contribution in [1.29, 1.82) is 0 Å². The van der Waals surface area contributed by atoms with E-state index in [0.29, 0.717) is 17.0 Å². The molecule has 0 aliphatic heterocycles. The SMILES string of the molecule is CC(=CC(=O)NC1CCCCCCCCCCC1)NNC(=O)c1ccoc1C. The minimum absolute atomic E-state index is 0.115. The smallest absolute Gasteiger partial charge is 0.273 e. The van der Waals surface area contributed by atoms with Crippen LogP contribution in [0.3, 0.4) is 0 Å². The van der Waals surface area contributed by atoms with Crippen molar-refractivity contribution in [2.75, 3.05) is 0 Å². The van der Waals surface area contributed by atoms with Gasteiger partial charge in [-0.2, -0.15) is 0 Å². The molecule has 2 amide bonds. The first-order valence-electron chi connectivity index (χ1n) is 10.7. The van der Waals surface area contributed by atoms with Crippen LogP contribution in [0.4, 0.5) is 0 Å². The van der Waals surface area contributed by atoms with E-state index in [1.807, 2.05) is 0 Å². The first-order chi connectivity index (χ1) is 13.6. The van der Waals surface area contributed by atoms with Crippen molar-refractivity contribution in [3.63, 3.8) is 0 Å². The maximum atomic E-state index is 12.4. The van der Waals surface area contributed by atoms with Gasteiger partial charge in [0.2, 0.25) is 5.91 Å². The molecule has 3 N–H and O–H groups in total. The summed E-state index contributed by atoms with van der Waals surface area (Å²) in [5.74, 6) is 0.149. The van der Waals surface area contributed by atoms with Gasteiger partial charge in [0, 0.05) is 17.8 Å². The van der Waals surface area contributed by atoms with E-state index < -0.39 is 0 Å². The number of amides is 2. The lowest BCUT2D eigenvalue weighted by Crippen LogP contribution is -2.38. The minimum Gasteiger partial charge on any atom is -0.469 e. The highest BCUT2D eigenvalue weighted by atomic mass is 16.3. The molecule has 1 fully saturated rings. The molecule has 0 unspecified atom stereocenters. The first kappa shape index (κ1) is 22.1. The fraction of sp³-hybridized carbons (Fsp3) is 0.636. The molecule has 6 nitrogen and oxygen atoms in total. The number of allylic oxidation sites excluding steroid dienone is 1. The van der Waals surface area contributed by atoms with Crippen molar-refractivity contribution in [1.82, 2.24) is 16.2 Å². The Balaban J connectivity index is 1.78. The summed E-state index contributed by atoms with van der Waals surface area (Å²) in [7, 11) is 0. The highest BCUT2D eigenvalue weighted by Gasteiger charge is 2.13. The molecular formula is C22H35N3O3. The average molecular weight is 390 g/mol. The summed E-state index contributed by atoms with van der Waals surface area (Å²) in [5, 5.41) is 3.14. The summed E-state index contributed by atoms with van der Waals surface area (Å²) < 4.78 is 5.12. The number of hydrazine groups is 1. The fourth-order valence-corrected chi connectivity index (χ4v) is 3.63. The Kier molecular flexibility index (Phi) is 9.66. The van der Waals surface area contributed by atoms with Crippen molar-refractivity contribution >= 4 is 11.8 Å². The van der Waals surface area contributed by atoms with Crippen LogP contribution in [0.1, 0.15) is 93.7 Å². The maximum absolute atomic E-state index is 12.4. The zero-order chi connectivity index (χ0) is 20.2. The second-order valence-electron chi connectivity index (χ2n) is 7.76. The molecule has 156 valence electrons. The molecule has 1 saturated carbocycles. The Bertz CT molecular complexity index is 639. The van der Waals surface area contributed by atoms with E-state index in [-0.39, 0.29) is 17.9 Å². The third-order valence-corrected chi connectivity index (χ3v) is 5.28. The van der Waals surface area contributed by atoms with Crippen molar-refractivity contribution in [3.05, 3.63) is 35.4 Å². The van der Waals surface area contributed by atoms with E-state index in [9.17, 15) is 9.59 Å². The Morgan fingerprint density at radius 2 is 1.54 bits per heavy atom. The number of nitrogens with one attached hydrogen (secondary N) is 3. The Labute approximate surface area is 168 Å². The standard InChI is InChI=1S/C22H35N3O3/c1-17(24-25-22(27)20-14-15-28-18(20)2)16-21(26)23-19-12-10-8-6-4-3-5-7-9-11-13-19/h14-16,19,24H,3-13H2,1-2H3,(H,23,26)(H,25,27). The maximum Gasteiger partial charge on any atom is 0.273 e. The molecule has 1 aromatic heterocycles. The number of rotatable bonds is 5. The van der Waals surface area contributed by atoms with Gasteiger partial charge in [-0.15, -0.1) is 0 Å². The number of hydrogen-bond donors (Lipinski definition) is 3. The zero-order valence-electron chi connectivity index (χ0n) is 17.3. The fourth-order valence-electron chi connectivity index (χ4n) is 3.63. The minimum atomic E-state index is -0.293. The van der Waals surface area contributed by atoms with Gasteiger partial charge in [-0.25, -0.2) is 0 Å². The van der Waals surface area contributed by atoms with Gasteiger partial charge >= 0.3 is 0 Å². The lowest BCUT2D eigenvalue weighted by atomic mass is 9.98. The van der Waals surface area contributed by atoms with Crippen LogP contribution in [0.15, 0.2) is 28.5 Å². The van der Waals surface area contributed by atoms with Crippen LogP contribution in [0.2, 0.25) is 0 Å². The summed E-state index contributed by atoms with van der Waals surface area (Å²) in [4.78, 5) is 24.4. The molecular weight excluding hydrogens is 354 g/mol. The van der Waals surface area contributed by atoms with Gasteiger partial charge in [0.05, 0.1) is 11.8 Å². The average Bonchev–Trinajstić information content (AvgIpc) is 3.08. The van der Waals surface area contributed by atoms with Crippen molar-refractivity contribution in [3.8, 4) is 0 Å². The zero-order valence-corrected chi connectivity index (χ0v) is 17.3. The predicted molar refractivity (Wildman–Crippen MR) is 111 cm³/mol. The van der Waals surface area contributed by atoms with Crippen LogP contribution in [0.25, 0.3) is 0 Å². The number of furan rings is 1. The van der Waals surface area contributed by atoms with E-state index in [0.717, 1.165) is 12.8 Å². The molecule has 0 atom stereocenters. The van der Waals surface area contributed by atoms with E-state index in [2.05, 4.69) is 16.2 Å². The van der Waals surface area contributed by atoms with Gasteiger partial charge in [-0.3, -0.25) is 15.0 Å². The third kappa shape index (κ3) is 8.19. The lowest BCUT2D eigenvalue weighted by molar-refractivity contribution is -0.117. The van der Waals surface area contributed by atoms with E-state index in [4.69, 9.17) is 4.42 Å². The second-order valence-corrected chi connectivity index (χ2v) is 7.76. The second kappa shape index (κ2) is 12.3. The van der Waals surface area contributed by atoms with Gasteiger partial charge in [0.1, 0.15) is 5.76 Å². The molecule has 0 saturated heterocycles. The molecule has 1 aliphatic rings. The van der Waals surface area contributed by atoms with Crippen LogP contribution >= 0.6 is 0 Å². The predicted octanol–water partition coefficient (Wildman–Crippen LogP) is 4.52. The largest absolute Gasteiger partial charge is 0.469 e. The van der Waals surface area contributed by atoms with Crippen LogP contribution in [0.5, 0.6) is 0 Å². The summed E-state index contributed by atoms with van der Waals surface area (Å²) in [6.07, 6.45) is 16.6. The molecule has 0 aromatic carbocycles. The highest BCUT2D eigenvalue weighted by molar-refractivity contribution is 5.95. The van der Waals surface area contributed by atoms with Crippen molar-refractivity contribution < 1.29 is 14.0 Å². The van der Waals surface area contributed by atoms with Crippen LogP contribution in [0, 0.1) is 6.92 Å². The highest BCUT2D eigenvalue weighted by Crippen LogP contribution is 2.17. The molecule has 1 heterocycles. The molecule has 0 radical (unpaired) electrons. The number of hydrogen-bond acceptors (Lipinski definition) is 4. The normalized spacial score (nSPS) is 17.9. The van der Waals surface area contributed by atoms with Gasteiger partial charge in [-0.05, 0) is 32.8 Å². The van der Waals surface area contributed by atoms with Gasteiger partial charge in [0.25, 0.3) is 5.91 Å². The first-order valence-corrected chi connectivity index (χ1v) is 10.7. The molecule has 0 bridgehead atoms. The van der Waals surface area contributed by atoms with Crippen LogP contribution in [-0.4, -0.2) is 17.9 Å². The topological polar surface area (TPSA) is 83.4 Å². The molecule has 1 aliphatic carbocycles. The van der Waals surface area contributed by atoms with Crippen molar-refractivity contribution in [2.45, 2.75) is 90.5 Å². The van der Waals surface area contributed by atoms with Crippen LogP contribution in [-0.2, 0) is 4.79 Å². The number of carbonyl (C=O) groups excluding carboxylic acids is 2. The van der Waals surface area contributed by atoms with Gasteiger partial charge < -0.3 is 15.2 Å². The van der Waals surface area contributed by atoms with Crippen LogP contribution < -0.4 is 16.2 Å². The molecule has 6 heteroatoms. The Morgan fingerprint density at radius 1 is 0.964 bits per heavy atom. The Morgan fingerprint density at radius 3 is 2.07 bits per heavy atom. The third-order valence-electron chi connectivity index (χ3n) is 5.28. The summed E-state index contributed by atoms with van der Waals surface area (Å²) in [6.45, 7) is 3.48. The number of aryl methyl sites for hydroxylation is 1. The molecule has 28 heavy (non-hydrogen) atoms. The molecule has 2 rings (SSSR count). The summed E-state index contributed by atoms with van der Waals surface area (Å²) in [5.41, 5.74) is 6.42. The monoisotopic (exact) mass is 389 g/mol. The van der Waals surface area contributed by atoms with E-state index >= 15 is 0 Å². The van der Waals surface area contributed by atoms with E-state index in [1.54, 1.807) is 19.9 Å². The van der Waals surface area contributed by atoms with Gasteiger partial charge in [-0.1, -0.05) is 57.8 Å². The number of carbonyl (C=O) groups is 2. The molecule has 0 spiro atoms. The van der Waals surface area contributed by atoms with Gasteiger partial charge in [0.15, 0.2) is 0 Å². The van der Waals surface area contributed by atoms with Crippen molar-refractivity contribution in [2.24, 2.45) is 0 Å². The Hall–Kier alpha value is -2.24. The summed E-state index contributed by atoms with van der Waals surface area (Å²) in [6, 6.07) is 1.85. The lowest BCUT2D eigenvalue weighted by Gasteiger charge is -2.19.